The predicted molar refractivity (Wildman–Crippen MR) is 110 cm³/mol. The molecular formula is C23H20N4O2. The van der Waals surface area contributed by atoms with Gasteiger partial charge in [0.1, 0.15) is 0 Å². The van der Waals surface area contributed by atoms with Gasteiger partial charge in [-0.15, -0.1) is 0 Å². The number of aliphatic hydroxyl groups excluding tert-OH is 1. The Labute approximate surface area is 167 Å². The molecule has 5 rings (SSSR count). The number of hydrogen-bond acceptors (Lipinski definition) is 4. The lowest BCUT2D eigenvalue weighted by Crippen LogP contribution is -2.25. The Bertz CT molecular complexity index is 1180. The molecule has 1 aliphatic rings. The molecule has 6 heteroatoms. The number of nitrogens with zero attached hydrogens (tertiary/aromatic N) is 3. The van der Waals surface area contributed by atoms with Gasteiger partial charge in [-0.1, -0.05) is 36.4 Å². The van der Waals surface area contributed by atoms with E-state index in [1.165, 1.54) is 0 Å². The van der Waals surface area contributed by atoms with Gasteiger partial charge in [-0.3, -0.25) is 14.2 Å². The minimum atomic E-state index is -0.0225. The molecule has 6 nitrogen and oxygen atoms in total. The van der Waals surface area contributed by atoms with Gasteiger partial charge in [0.05, 0.1) is 30.4 Å². The molecule has 144 valence electrons. The summed E-state index contributed by atoms with van der Waals surface area (Å²) >= 11 is 0. The van der Waals surface area contributed by atoms with Crippen LogP contribution in [0, 0.1) is 0 Å². The molecule has 2 heterocycles. The zero-order valence-corrected chi connectivity index (χ0v) is 15.7. The standard InChI is InChI=1S/C23H20N4O2/c28-14-15-1-3-17(4-2-15)21-11-25-22-12-24-20(13-27(21)22)16-5-7-18(8-6-16)23(29)26-19-9-10-19/h1-8,11-13,19,28H,9-10,14H2,(H,26,29). The van der Waals surface area contributed by atoms with Crippen LogP contribution in [0.4, 0.5) is 0 Å². The van der Waals surface area contributed by atoms with Gasteiger partial charge in [-0.05, 0) is 30.5 Å². The summed E-state index contributed by atoms with van der Waals surface area (Å²) in [5.74, 6) is -0.0225. The van der Waals surface area contributed by atoms with Crippen molar-refractivity contribution in [3.8, 4) is 22.5 Å². The first-order valence-corrected chi connectivity index (χ1v) is 9.66. The molecule has 0 atom stereocenters. The molecule has 0 spiro atoms. The van der Waals surface area contributed by atoms with Crippen molar-refractivity contribution in [1.29, 1.82) is 0 Å². The van der Waals surface area contributed by atoms with Crippen LogP contribution in [0.1, 0.15) is 28.8 Å². The largest absolute Gasteiger partial charge is 0.392 e. The van der Waals surface area contributed by atoms with Crippen molar-refractivity contribution in [1.82, 2.24) is 19.7 Å². The fourth-order valence-electron chi connectivity index (χ4n) is 3.32. The smallest absolute Gasteiger partial charge is 0.251 e. The van der Waals surface area contributed by atoms with Crippen LogP contribution in [0.15, 0.2) is 67.1 Å². The molecule has 0 aliphatic heterocycles. The van der Waals surface area contributed by atoms with Crippen molar-refractivity contribution in [3.63, 3.8) is 0 Å². The Morgan fingerprint density at radius 3 is 2.41 bits per heavy atom. The normalized spacial score (nSPS) is 13.6. The third-order valence-corrected chi connectivity index (χ3v) is 5.18. The van der Waals surface area contributed by atoms with E-state index in [4.69, 9.17) is 0 Å². The number of carbonyl (C=O) groups is 1. The van der Waals surface area contributed by atoms with Gasteiger partial charge in [-0.2, -0.15) is 0 Å². The number of imidazole rings is 1. The lowest BCUT2D eigenvalue weighted by molar-refractivity contribution is 0.0951. The number of benzene rings is 2. The van der Waals surface area contributed by atoms with Crippen molar-refractivity contribution < 1.29 is 9.90 Å². The zero-order valence-electron chi connectivity index (χ0n) is 15.7. The number of rotatable bonds is 5. The van der Waals surface area contributed by atoms with E-state index >= 15 is 0 Å². The van der Waals surface area contributed by atoms with E-state index in [9.17, 15) is 9.90 Å². The fourth-order valence-corrected chi connectivity index (χ4v) is 3.32. The minimum Gasteiger partial charge on any atom is -0.392 e. The maximum absolute atomic E-state index is 12.2. The van der Waals surface area contributed by atoms with Crippen LogP contribution in [0.25, 0.3) is 28.2 Å². The molecule has 2 aromatic carbocycles. The first kappa shape index (κ1) is 17.6. The third-order valence-electron chi connectivity index (χ3n) is 5.18. The number of nitrogens with one attached hydrogen (secondary N) is 1. The summed E-state index contributed by atoms with van der Waals surface area (Å²) in [6.07, 6.45) is 7.67. The van der Waals surface area contributed by atoms with Crippen LogP contribution in [0.5, 0.6) is 0 Å². The number of aromatic nitrogens is 3. The summed E-state index contributed by atoms with van der Waals surface area (Å²) in [4.78, 5) is 21.1. The highest BCUT2D eigenvalue weighted by molar-refractivity contribution is 5.95. The Morgan fingerprint density at radius 1 is 1.00 bits per heavy atom. The predicted octanol–water partition coefficient (Wildman–Crippen LogP) is 3.45. The van der Waals surface area contributed by atoms with Crippen LogP contribution in [-0.2, 0) is 6.61 Å². The molecule has 0 radical (unpaired) electrons. The van der Waals surface area contributed by atoms with E-state index in [1.807, 2.05) is 65.3 Å². The molecule has 2 N–H and O–H groups in total. The van der Waals surface area contributed by atoms with Crippen LogP contribution in [-0.4, -0.2) is 31.4 Å². The molecule has 0 unspecified atom stereocenters. The average Bonchev–Trinajstić information content (AvgIpc) is 3.49. The van der Waals surface area contributed by atoms with Crippen molar-refractivity contribution in [2.45, 2.75) is 25.5 Å². The molecule has 1 aliphatic carbocycles. The Hall–Kier alpha value is -3.51. The minimum absolute atomic E-state index is 0.0225. The maximum atomic E-state index is 12.2. The van der Waals surface area contributed by atoms with Crippen molar-refractivity contribution in [2.75, 3.05) is 0 Å². The summed E-state index contributed by atoms with van der Waals surface area (Å²) in [7, 11) is 0. The SMILES string of the molecule is O=C(NC1CC1)c1ccc(-c2cn3c(-c4ccc(CO)cc4)cnc3cn2)cc1. The topological polar surface area (TPSA) is 79.5 Å². The molecule has 1 amide bonds. The second kappa shape index (κ2) is 7.14. The molecule has 0 saturated heterocycles. The molecule has 29 heavy (non-hydrogen) atoms. The number of aliphatic hydroxyl groups is 1. The summed E-state index contributed by atoms with van der Waals surface area (Å²) < 4.78 is 2.00. The Balaban J connectivity index is 1.46. The number of amides is 1. The van der Waals surface area contributed by atoms with Crippen LogP contribution in [0.2, 0.25) is 0 Å². The maximum Gasteiger partial charge on any atom is 0.251 e. The highest BCUT2D eigenvalue weighted by Crippen LogP contribution is 2.25. The van der Waals surface area contributed by atoms with E-state index in [0.29, 0.717) is 11.6 Å². The lowest BCUT2D eigenvalue weighted by Gasteiger charge is -2.07. The number of fused-ring (bicyclic) bond motifs is 1. The highest BCUT2D eigenvalue weighted by Gasteiger charge is 2.23. The van der Waals surface area contributed by atoms with Gasteiger partial charge in [0.15, 0.2) is 5.65 Å². The lowest BCUT2D eigenvalue weighted by atomic mass is 10.1. The second-order valence-electron chi connectivity index (χ2n) is 7.32. The van der Waals surface area contributed by atoms with E-state index in [2.05, 4.69) is 15.3 Å². The second-order valence-corrected chi connectivity index (χ2v) is 7.32. The zero-order chi connectivity index (χ0) is 19.8. The van der Waals surface area contributed by atoms with Gasteiger partial charge in [0.2, 0.25) is 0 Å². The van der Waals surface area contributed by atoms with Gasteiger partial charge >= 0.3 is 0 Å². The van der Waals surface area contributed by atoms with Gasteiger partial charge in [0, 0.05) is 28.9 Å². The van der Waals surface area contributed by atoms with E-state index < -0.39 is 0 Å². The molecule has 1 saturated carbocycles. The van der Waals surface area contributed by atoms with Crippen LogP contribution < -0.4 is 5.32 Å². The number of carbonyl (C=O) groups excluding carboxylic acids is 1. The van der Waals surface area contributed by atoms with E-state index in [0.717, 1.165) is 46.6 Å². The van der Waals surface area contributed by atoms with Crippen molar-refractivity contribution in [3.05, 3.63) is 78.2 Å². The van der Waals surface area contributed by atoms with Gasteiger partial charge < -0.3 is 10.4 Å². The summed E-state index contributed by atoms with van der Waals surface area (Å²) in [5, 5.41) is 12.2. The fraction of sp³-hybridized carbons (Fsp3) is 0.174. The van der Waals surface area contributed by atoms with Crippen LogP contribution >= 0.6 is 0 Å². The number of hydrogen-bond donors (Lipinski definition) is 2. The molecule has 4 aromatic rings. The quantitative estimate of drug-likeness (QED) is 0.552. The van der Waals surface area contributed by atoms with Crippen molar-refractivity contribution >= 4 is 11.6 Å². The Kier molecular flexibility index (Phi) is 4.33. The van der Waals surface area contributed by atoms with E-state index in [-0.39, 0.29) is 12.5 Å². The first-order valence-electron chi connectivity index (χ1n) is 9.66. The molecular weight excluding hydrogens is 364 g/mol. The summed E-state index contributed by atoms with van der Waals surface area (Å²) in [6.45, 7) is 0.0240. The average molecular weight is 384 g/mol. The third kappa shape index (κ3) is 3.50. The monoisotopic (exact) mass is 384 g/mol. The summed E-state index contributed by atoms with van der Waals surface area (Å²) in [6, 6.07) is 15.6. The van der Waals surface area contributed by atoms with E-state index in [1.54, 1.807) is 6.20 Å². The van der Waals surface area contributed by atoms with Gasteiger partial charge in [-0.25, -0.2) is 4.98 Å². The molecule has 2 aromatic heterocycles. The Morgan fingerprint density at radius 2 is 1.72 bits per heavy atom. The molecule has 0 bridgehead atoms. The summed E-state index contributed by atoms with van der Waals surface area (Å²) in [5.41, 5.74) is 6.00. The van der Waals surface area contributed by atoms with Crippen LogP contribution in [0.3, 0.4) is 0 Å². The highest BCUT2D eigenvalue weighted by atomic mass is 16.3. The first-order chi connectivity index (χ1) is 14.2. The van der Waals surface area contributed by atoms with Gasteiger partial charge in [0.25, 0.3) is 5.91 Å². The van der Waals surface area contributed by atoms with Crippen molar-refractivity contribution in [2.24, 2.45) is 0 Å². The molecule has 1 fully saturated rings.